The molecule has 0 fully saturated rings. The molecule has 0 unspecified atom stereocenters. The molecule has 0 rings (SSSR count). The minimum absolute atomic E-state index is 1.07. The van der Waals surface area contributed by atoms with Gasteiger partial charge in [0.25, 0.3) is 0 Å². The van der Waals surface area contributed by atoms with E-state index in [2.05, 4.69) is 47.2 Å². The van der Waals surface area contributed by atoms with Crippen LogP contribution in [0.2, 0.25) is 0 Å². The summed E-state index contributed by atoms with van der Waals surface area (Å²) in [6.07, 6.45) is 12.2. The van der Waals surface area contributed by atoms with Crippen molar-refractivity contribution in [2.75, 3.05) is 5.33 Å². The van der Waals surface area contributed by atoms with Crippen LogP contribution in [0.1, 0.15) is 26.2 Å². The Morgan fingerprint density at radius 3 is 2.40 bits per heavy atom. The zero-order valence-corrected chi connectivity index (χ0v) is 8.10. The second kappa shape index (κ2) is 8.96. The molecule has 0 saturated heterocycles. The molecule has 0 saturated carbocycles. The minimum Gasteiger partial charge on any atom is -0.0925 e. The Balaban J connectivity index is 3.09. The normalized spacial score (nSPS) is 11.8. The van der Waals surface area contributed by atoms with Crippen LogP contribution in [-0.2, 0) is 0 Å². The number of hydrogen-bond acceptors (Lipinski definition) is 0. The lowest BCUT2D eigenvalue weighted by atomic mass is 10.3. The molecule has 0 aromatic carbocycles. The Bertz CT molecular complexity index is 103. The summed E-state index contributed by atoms with van der Waals surface area (Å²) >= 11 is 3.36. The molecular weight excluding hydrogens is 188 g/mol. The number of alkyl halides is 1. The van der Waals surface area contributed by atoms with E-state index in [0.717, 1.165) is 24.6 Å². The summed E-state index contributed by atoms with van der Waals surface area (Å²) in [5.74, 6) is 0. The van der Waals surface area contributed by atoms with Crippen LogP contribution in [0.25, 0.3) is 0 Å². The van der Waals surface area contributed by atoms with E-state index in [0.29, 0.717) is 0 Å². The SMILES string of the molecule is CC/C=C\C/C=C\CCBr. The summed E-state index contributed by atoms with van der Waals surface area (Å²) in [5, 5.41) is 1.07. The lowest BCUT2D eigenvalue weighted by Crippen LogP contribution is -1.65. The Hall–Kier alpha value is -0.0400. The van der Waals surface area contributed by atoms with Gasteiger partial charge in [0.2, 0.25) is 0 Å². The van der Waals surface area contributed by atoms with Gasteiger partial charge in [-0.25, -0.2) is 0 Å². The van der Waals surface area contributed by atoms with Crippen LogP contribution >= 0.6 is 15.9 Å². The van der Waals surface area contributed by atoms with Gasteiger partial charge in [-0.3, -0.25) is 0 Å². The van der Waals surface area contributed by atoms with Crippen molar-refractivity contribution in [2.24, 2.45) is 0 Å². The topological polar surface area (TPSA) is 0 Å². The van der Waals surface area contributed by atoms with Crippen LogP contribution in [0.15, 0.2) is 24.3 Å². The van der Waals surface area contributed by atoms with Crippen LogP contribution in [0, 0.1) is 0 Å². The number of hydrogen-bond donors (Lipinski definition) is 0. The monoisotopic (exact) mass is 202 g/mol. The van der Waals surface area contributed by atoms with Crippen LogP contribution in [0.4, 0.5) is 0 Å². The van der Waals surface area contributed by atoms with E-state index in [1.807, 2.05) is 0 Å². The second-order valence-electron chi connectivity index (χ2n) is 2.06. The molecule has 10 heavy (non-hydrogen) atoms. The van der Waals surface area contributed by atoms with Crippen LogP contribution < -0.4 is 0 Å². The fraction of sp³-hybridized carbons (Fsp3) is 0.556. The molecule has 0 aliphatic carbocycles. The summed E-state index contributed by atoms with van der Waals surface area (Å²) < 4.78 is 0. The molecule has 0 aliphatic rings. The molecule has 0 aromatic heterocycles. The maximum atomic E-state index is 3.36. The maximum Gasteiger partial charge on any atom is 0.00659 e. The van der Waals surface area contributed by atoms with Crippen molar-refractivity contribution in [1.82, 2.24) is 0 Å². The Labute approximate surface area is 72.1 Å². The van der Waals surface area contributed by atoms with Crippen molar-refractivity contribution in [3.8, 4) is 0 Å². The van der Waals surface area contributed by atoms with E-state index < -0.39 is 0 Å². The van der Waals surface area contributed by atoms with Crippen molar-refractivity contribution in [3.63, 3.8) is 0 Å². The van der Waals surface area contributed by atoms with Crippen molar-refractivity contribution < 1.29 is 0 Å². The average molecular weight is 203 g/mol. The van der Waals surface area contributed by atoms with Crippen LogP contribution in [0.5, 0.6) is 0 Å². The number of rotatable bonds is 5. The quantitative estimate of drug-likeness (QED) is 0.472. The van der Waals surface area contributed by atoms with Crippen molar-refractivity contribution in [3.05, 3.63) is 24.3 Å². The number of halogens is 1. The smallest absolute Gasteiger partial charge is 0.00659 e. The molecule has 1 heteroatoms. The van der Waals surface area contributed by atoms with Crippen molar-refractivity contribution >= 4 is 15.9 Å². The molecule has 0 nitrogen and oxygen atoms in total. The van der Waals surface area contributed by atoms with Gasteiger partial charge >= 0.3 is 0 Å². The fourth-order valence-corrected chi connectivity index (χ4v) is 0.883. The Morgan fingerprint density at radius 1 is 1.10 bits per heavy atom. The van der Waals surface area contributed by atoms with E-state index in [1.165, 1.54) is 0 Å². The van der Waals surface area contributed by atoms with Gasteiger partial charge < -0.3 is 0 Å². The van der Waals surface area contributed by atoms with Gasteiger partial charge in [-0.15, -0.1) is 0 Å². The molecule has 0 atom stereocenters. The van der Waals surface area contributed by atoms with E-state index in [9.17, 15) is 0 Å². The predicted molar refractivity (Wildman–Crippen MR) is 51.6 cm³/mol. The van der Waals surface area contributed by atoms with Crippen molar-refractivity contribution in [1.29, 1.82) is 0 Å². The highest BCUT2D eigenvalue weighted by Crippen LogP contribution is 1.92. The lowest BCUT2D eigenvalue weighted by molar-refractivity contribution is 1.18. The zero-order chi connectivity index (χ0) is 7.66. The van der Waals surface area contributed by atoms with Gasteiger partial charge in [0, 0.05) is 5.33 Å². The molecule has 58 valence electrons. The minimum atomic E-state index is 1.07. The van der Waals surface area contributed by atoms with Gasteiger partial charge in [-0.05, 0) is 19.3 Å². The van der Waals surface area contributed by atoms with Gasteiger partial charge in [-0.1, -0.05) is 47.2 Å². The highest BCUT2D eigenvalue weighted by molar-refractivity contribution is 9.09. The summed E-state index contributed by atoms with van der Waals surface area (Å²) in [6, 6.07) is 0. The standard InChI is InChI=1S/C9H15Br/c1-2-3-4-5-6-7-8-9-10/h3-4,6-7H,2,5,8-9H2,1H3/b4-3-,7-6-. The third-order valence-electron chi connectivity index (χ3n) is 1.12. The van der Waals surface area contributed by atoms with Crippen LogP contribution in [-0.4, -0.2) is 5.33 Å². The molecule has 0 amide bonds. The lowest BCUT2D eigenvalue weighted by Gasteiger charge is -1.82. The van der Waals surface area contributed by atoms with E-state index in [-0.39, 0.29) is 0 Å². The van der Waals surface area contributed by atoms with Crippen molar-refractivity contribution in [2.45, 2.75) is 26.2 Å². The Kier molecular flexibility index (Phi) is 8.92. The molecule has 0 radical (unpaired) electrons. The molecule has 0 aliphatic heterocycles. The largest absolute Gasteiger partial charge is 0.0925 e. The second-order valence-corrected chi connectivity index (χ2v) is 2.86. The van der Waals surface area contributed by atoms with Gasteiger partial charge in [0.15, 0.2) is 0 Å². The first kappa shape index (κ1) is 9.96. The van der Waals surface area contributed by atoms with E-state index in [1.54, 1.807) is 0 Å². The van der Waals surface area contributed by atoms with Gasteiger partial charge in [0.05, 0.1) is 0 Å². The summed E-state index contributed by atoms with van der Waals surface area (Å²) in [5.41, 5.74) is 0. The molecule has 0 spiro atoms. The van der Waals surface area contributed by atoms with Crippen LogP contribution in [0.3, 0.4) is 0 Å². The van der Waals surface area contributed by atoms with Gasteiger partial charge in [0.1, 0.15) is 0 Å². The molecule has 0 N–H and O–H groups in total. The first-order valence-corrected chi connectivity index (χ1v) is 4.90. The average Bonchev–Trinajstić information content (AvgIpc) is 1.97. The fourth-order valence-electron chi connectivity index (χ4n) is 0.619. The third kappa shape index (κ3) is 7.96. The first-order chi connectivity index (χ1) is 4.91. The Morgan fingerprint density at radius 2 is 1.80 bits per heavy atom. The van der Waals surface area contributed by atoms with E-state index in [4.69, 9.17) is 0 Å². The molecule has 0 bridgehead atoms. The summed E-state index contributed by atoms with van der Waals surface area (Å²) in [4.78, 5) is 0. The number of allylic oxidation sites excluding steroid dienone is 4. The molecule has 0 heterocycles. The van der Waals surface area contributed by atoms with Gasteiger partial charge in [-0.2, -0.15) is 0 Å². The summed E-state index contributed by atoms with van der Waals surface area (Å²) in [6.45, 7) is 2.15. The first-order valence-electron chi connectivity index (χ1n) is 3.77. The maximum absolute atomic E-state index is 3.36. The molecular formula is C9H15Br. The predicted octanol–water partition coefficient (Wildman–Crippen LogP) is 3.68. The molecule has 0 aromatic rings. The zero-order valence-electron chi connectivity index (χ0n) is 6.52. The van der Waals surface area contributed by atoms with E-state index >= 15 is 0 Å². The highest BCUT2D eigenvalue weighted by atomic mass is 79.9. The summed E-state index contributed by atoms with van der Waals surface area (Å²) in [7, 11) is 0. The highest BCUT2D eigenvalue weighted by Gasteiger charge is 1.72. The third-order valence-corrected chi connectivity index (χ3v) is 1.57.